The predicted molar refractivity (Wildman–Crippen MR) is 90.8 cm³/mol. The molecule has 0 bridgehead atoms. The van der Waals surface area contributed by atoms with Crippen molar-refractivity contribution in [3.8, 4) is 0 Å². The van der Waals surface area contributed by atoms with Crippen molar-refractivity contribution in [2.45, 2.75) is 44.8 Å². The second-order valence-electron chi connectivity index (χ2n) is 6.47. The van der Waals surface area contributed by atoms with Crippen molar-refractivity contribution >= 4 is 16.7 Å². The van der Waals surface area contributed by atoms with E-state index in [0.29, 0.717) is 0 Å². The molecule has 25 heavy (non-hydrogen) atoms. The van der Waals surface area contributed by atoms with Crippen LogP contribution in [0.5, 0.6) is 0 Å². The van der Waals surface area contributed by atoms with Gasteiger partial charge in [0.1, 0.15) is 6.04 Å². The summed E-state index contributed by atoms with van der Waals surface area (Å²) in [7, 11) is 0. The fourth-order valence-corrected chi connectivity index (χ4v) is 3.25. The normalized spacial score (nSPS) is 17.0. The molecule has 1 atom stereocenters. The first-order valence-electron chi connectivity index (χ1n) is 8.54. The lowest BCUT2D eigenvalue weighted by molar-refractivity contribution is -0.191. The van der Waals surface area contributed by atoms with Gasteiger partial charge in [0.15, 0.2) is 0 Å². The summed E-state index contributed by atoms with van der Waals surface area (Å²) >= 11 is 0. The number of unbranched alkanes of at least 4 members (excludes halogenated alkanes) is 1. The molecule has 2 aromatic rings. The fourth-order valence-electron chi connectivity index (χ4n) is 3.25. The van der Waals surface area contributed by atoms with Crippen molar-refractivity contribution in [1.29, 1.82) is 0 Å². The van der Waals surface area contributed by atoms with E-state index in [2.05, 4.69) is 12.3 Å². The number of nitrogens with one attached hydrogen (secondary N) is 1. The number of nitrogens with zero attached hydrogens (tertiary/aromatic N) is 1. The molecule has 6 heteroatoms. The van der Waals surface area contributed by atoms with Crippen LogP contribution in [-0.2, 0) is 11.2 Å². The Morgan fingerprint density at radius 2 is 1.92 bits per heavy atom. The van der Waals surface area contributed by atoms with Gasteiger partial charge in [-0.05, 0) is 40.8 Å². The maximum atomic E-state index is 13.6. The number of carbonyl (C=O) groups excluding carboxylic acids is 1. The number of carbonyl (C=O) groups is 1. The Labute approximate surface area is 144 Å². The number of hydrogen-bond acceptors (Lipinski definition) is 2. The number of halogens is 3. The van der Waals surface area contributed by atoms with Crippen molar-refractivity contribution in [1.82, 2.24) is 10.4 Å². The summed E-state index contributed by atoms with van der Waals surface area (Å²) in [5.41, 5.74) is 3.60. The average molecular weight is 350 g/mol. The van der Waals surface area contributed by atoms with Gasteiger partial charge in [-0.25, -0.2) is 5.01 Å². The highest BCUT2D eigenvalue weighted by molar-refractivity contribution is 5.84. The van der Waals surface area contributed by atoms with E-state index in [1.165, 1.54) is 6.07 Å². The lowest BCUT2D eigenvalue weighted by atomic mass is 9.98. The second-order valence-corrected chi connectivity index (χ2v) is 6.47. The van der Waals surface area contributed by atoms with Crippen LogP contribution < -0.4 is 5.43 Å². The fraction of sp³-hybridized carbons (Fsp3) is 0.421. The van der Waals surface area contributed by atoms with Crippen molar-refractivity contribution in [2.75, 3.05) is 6.54 Å². The van der Waals surface area contributed by atoms with Gasteiger partial charge in [0.05, 0.1) is 0 Å². The Balaban J connectivity index is 1.97. The molecule has 1 heterocycles. The molecule has 0 spiro atoms. The summed E-state index contributed by atoms with van der Waals surface area (Å²) in [6.07, 6.45) is -1.34. The van der Waals surface area contributed by atoms with Crippen molar-refractivity contribution in [3.63, 3.8) is 0 Å². The van der Waals surface area contributed by atoms with Crippen LogP contribution in [0.4, 0.5) is 13.2 Å². The number of amides is 1. The number of hydrogen-bond donors (Lipinski definition) is 1. The zero-order valence-corrected chi connectivity index (χ0v) is 14.1. The smallest absolute Gasteiger partial charge is 0.288 e. The van der Waals surface area contributed by atoms with E-state index in [9.17, 15) is 18.0 Å². The molecule has 1 N–H and O–H groups in total. The minimum absolute atomic E-state index is 0.0532. The number of aryl methyl sites for hydroxylation is 1. The van der Waals surface area contributed by atoms with Crippen LogP contribution >= 0.6 is 0 Å². The third-order valence-corrected chi connectivity index (χ3v) is 4.53. The number of fused-ring (bicyclic) bond motifs is 1. The van der Waals surface area contributed by atoms with Crippen LogP contribution in [0.1, 0.15) is 43.4 Å². The van der Waals surface area contributed by atoms with E-state index in [-0.39, 0.29) is 24.4 Å². The van der Waals surface area contributed by atoms with Gasteiger partial charge in [0, 0.05) is 13.0 Å². The van der Waals surface area contributed by atoms with E-state index in [1.807, 2.05) is 18.2 Å². The predicted octanol–water partition coefficient (Wildman–Crippen LogP) is 4.52. The van der Waals surface area contributed by atoms with Gasteiger partial charge < -0.3 is 0 Å². The van der Waals surface area contributed by atoms with Crippen LogP contribution in [0.2, 0.25) is 0 Å². The first kappa shape index (κ1) is 17.7. The molecule has 134 valence electrons. The molecule has 1 aliphatic rings. The molecule has 0 radical (unpaired) electrons. The molecule has 0 aliphatic carbocycles. The van der Waals surface area contributed by atoms with E-state index >= 15 is 0 Å². The quantitative estimate of drug-likeness (QED) is 0.860. The van der Waals surface area contributed by atoms with E-state index in [1.54, 1.807) is 12.1 Å². The number of hydrazine groups is 1. The highest BCUT2D eigenvalue weighted by Crippen LogP contribution is 2.38. The van der Waals surface area contributed by atoms with Gasteiger partial charge in [0.25, 0.3) is 0 Å². The van der Waals surface area contributed by atoms with E-state index < -0.39 is 12.2 Å². The zero-order chi connectivity index (χ0) is 18.0. The van der Waals surface area contributed by atoms with Crippen molar-refractivity contribution in [2.24, 2.45) is 0 Å². The summed E-state index contributed by atoms with van der Waals surface area (Å²) in [4.78, 5) is 11.4. The molecule has 1 saturated heterocycles. The summed E-state index contributed by atoms with van der Waals surface area (Å²) < 4.78 is 40.9. The SMILES string of the molecule is CCCCc1ccc2ccc(C(N3CCC(=O)N3)C(F)(F)F)cc2c1. The van der Waals surface area contributed by atoms with Crippen LogP contribution in [0, 0.1) is 0 Å². The van der Waals surface area contributed by atoms with Crippen molar-refractivity contribution < 1.29 is 18.0 Å². The van der Waals surface area contributed by atoms with Crippen LogP contribution in [-0.4, -0.2) is 23.6 Å². The lowest BCUT2D eigenvalue weighted by Crippen LogP contribution is -2.43. The highest BCUT2D eigenvalue weighted by atomic mass is 19.4. The van der Waals surface area contributed by atoms with Gasteiger partial charge in [-0.2, -0.15) is 13.2 Å². The molecule has 3 nitrogen and oxygen atoms in total. The standard InChI is InChI=1S/C19H21F3N2O/c1-2-3-4-13-5-6-14-7-8-15(12-16(14)11-13)18(19(20,21)22)24-10-9-17(25)23-24/h5-8,11-12,18H,2-4,9-10H2,1H3,(H,23,25). The van der Waals surface area contributed by atoms with Gasteiger partial charge in [0.2, 0.25) is 5.91 Å². The topological polar surface area (TPSA) is 32.3 Å². The monoisotopic (exact) mass is 350 g/mol. The lowest BCUT2D eigenvalue weighted by Gasteiger charge is -2.29. The van der Waals surface area contributed by atoms with Crippen LogP contribution in [0.3, 0.4) is 0 Å². The molecule has 1 amide bonds. The molecule has 2 aromatic carbocycles. The second kappa shape index (κ2) is 7.04. The summed E-state index contributed by atoms with van der Waals surface area (Å²) in [6.45, 7) is 2.16. The van der Waals surface area contributed by atoms with Gasteiger partial charge in [-0.1, -0.05) is 43.7 Å². The minimum Gasteiger partial charge on any atom is -0.288 e. The maximum Gasteiger partial charge on any atom is 0.409 e. The average Bonchev–Trinajstić information content (AvgIpc) is 2.97. The zero-order valence-electron chi connectivity index (χ0n) is 14.1. The van der Waals surface area contributed by atoms with E-state index in [4.69, 9.17) is 0 Å². The van der Waals surface area contributed by atoms with Crippen molar-refractivity contribution in [3.05, 3.63) is 47.5 Å². The Morgan fingerprint density at radius 3 is 2.56 bits per heavy atom. The molecule has 0 saturated carbocycles. The molecule has 1 aliphatic heterocycles. The highest BCUT2D eigenvalue weighted by Gasteiger charge is 2.46. The Kier molecular flexibility index (Phi) is 4.99. The Hall–Kier alpha value is -2.08. The van der Waals surface area contributed by atoms with E-state index in [0.717, 1.165) is 40.6 Å². The molecule has 1 fully saturated rings. The molecule has 3 rings (SSSR count). The first-order chi connectivity index (χ1) is 11.9. The van der Waals surface area contributed by atoms with Gasteiger partial charge in [-0.15, -0.1) is 0 Å². The molecule has 1 unspecified atom stereocenters. The molecule has 0 aromatic heterocycles. The molecular weight excluding hydrogens is 329 g/mol. The summed E-state index contributed by atoms with van der Waals surface area (Å²) in [6, 6.07) is 8.91. The van der Waals surface area contributed by atoms with Gasteiger partial charge in [-0.3, -0.25) is 10.2 Å². The third kappa shape index (κ3) is 3.95. The van der Waals surface area contributed by atoms with Crippen LogP contribution in [0.15, 0.2) is 36.4 Å². The Morgan fingerprint density at radius 1 is 1.16 bits per heavy atom. The summed E-state index contributed by atoms with van der Waals surface area (Å²) in [5.74, 6) is -0.378. The Bertz CT molecular complexity index is 773. The maximum absolute atomic E-state index is 13.6. The largest absolute Gasteiger partial charge is 0.409 e. The third-order valence-electron chi connectivity index (χ3n) is 4.53. The van der Waals surface area contributed by atoms with Crippen LogP contribution in [0.25, 0.3) is 10.8 Å². The number of benzene rings is 2. The number of rotatable bonds is 5. The number of alkyl halides is 3. The van der Waals surface area contributed by atoms with Gasteiger partial charge >= 0.3 is 6.18 Å². The first-order valence-corrected chi connectivity index (χ1v) is 8.54. The minimum atomic E-state index is -4.47. The molecular formula is C19H21F3N2O. The summed E-state index contributed by atoms with van der Waals surface area (Å²) in [5, 5.41) is 2.70.